The summed E-state index contributed by atoms with van der Waals surface area (Å²) >= 11 is 0. The number of amides is 1. The Balaban J connectivity index is 2.12. The van der Waals surface area contributed by atoms with Crippen molar-refractivity contribution in [3.05, 3.63) is 48.6 Å². The van der Waals surface area contributed by atoms with Gasteiger partial charge in [-0.15, -0.1) is 5.10 Å². The fraction of sp³-hybridized carbons (Fsp3) is 0.312. The third-order valence-electron chi connectivity index (χ3n) is 3.41. The molecule has 26 heavy (non-hydrogen) atoms. The van der Waals surface area contributed by atoms with Gasteiger partial charge in [-0.1, -0.05) is 18.7 Å². The van der Waals surface area contributed by atoms with Crippen molar-refractivity contribution in [3.63, 3.8) is 0 Å². The van der Waals surface area contributed by atoms with Crippen LogP contribution in [-0.4, -0.2) is 50.8 Å². The van der Waals surface area contributed by atoms with Crippen molar-refractivity contribution < 1.29 is 26.7 Å². The minimum absolute atomic E-state index is 0.0129. The molecule has 1 saturated heterocycles. The van der Waals surface area contributed by atoms with E-state index in [0.29, 0.717) is 0 Å². The fourth-order valence-corrected chi connectivity index (χ4v) is 2.02. The minimum Gasteiger partial charge on any atom is -0.327 e. The number of halogens is 5. The molecule has 0 bridgehead atoms. The van der Waals surface area contributed by atoms with Crippen molar-refractivity contribution in [2.45, 2.75) is 19.0 Å². The number of aromatic nitrogens is 3. The van der Waals surface area contributed by atoms with Crippen molar-refractivity contribution in [3.8, 4) is 0 Å². The van der Waals surface area contributed by atoms with Gasteiger partial charge < -0.3 is 4.90 Å². The standard InChI is InChI=1S/C16H15F5N4O/c1-3-4-12(7-11(2)16(19,20)21)14-22-10-25(23-14)6-5-13(26)24-8-15(17,18)9-24/h3-7,10H,1,8-9H2,2H3. The lowest BCUT2D eigenvalue weighted by atomic mass is 10.1. The molecule has 0 spiro atoms. The molecule has 1 fully saturated rings. The molecule has 0 unspecified atom stereocenters. The summed E-state index contributed by atoms with van der Waals surface area (Å²) in [6, 6.07) is 0. The molecule has 10 heteroatoms. The van der Waals surface area contributed by atoms with E-state index in [-0.39, 0.29) is 11.4 Å². The molecule has 140 valence electrons. The van der Waals surface area contributed by atoms with E-state index in [4.69, 9.17) is 0 Å². The molecular weight excluding hydrogens is 359 g/mol. The molecule has 0 atom stereocenters. The van der Waals surface area contributed by atoms with Crippen molar-refractivity contribution >= 4 is 17.7 Å². The van der Waals surface area contributed by atoms with Crippen LogP contribution < -0.4 is 0 Å². The summed E-state index contributed by atoms with van der Waals surface area (Å²) in [6.45, 7) is 3.05. The van der Waals surface area contributed by atoms with Gasteiger partial charge in [-0.2, -0.15) is 13.2 Å². The highest BCUT2D eigenvalue weighted by Crippen LogP contribution is 2.28. The van der Waals surface area contributed by atoms with Gasteiger partial charge in [0.1, 0.15) is 6.33 Å². The smallest absolute Gasteiger partial charge is 0.327 e. The van der Waals surface area contributed by atoms with E-state index in [1.165, 1.54) is 24.7 Å². The van der Waals surface area contributed by atoms with Crippen LogP contribution in [0.3, 0.4) is 0 Å². The molecule has 0 N–H and O–H groups in total. The zero-order valence-corrected chi connectivity index (χ0v) is 13.7. The molecule has 0 aromatic carbocycles. The lowest BCUT2D eigenvalue weighted by Crippen LogP contribution is -2.58. The SMILES string of the molecule is C=CC=C(C=C(C)C(F)(F)F)c1ncn(C=CC(=O)N2CC(F)(F)C2)n1. The molecule has 0 saturated carbocycles. The van der Waals surface area contributed by atoms with E-state index in [9.17, 15) is 26.7 Å². The molecule has 1 aliphatic heterocycles. The molecule has 1 aromatic rings. The van der Waals surface area contributed by atoms with Crippen molar-refractivity contribution in [1.82, 2.24) is 19.7 Å². The minimum atomic E-state index is -4.49. The van der Waals surface area contributed by atoms with Gasteiger partial charge >= 0.3 is 6.18 Å². The van der Waals surface area contributed by atoms with Gasteiger partial charge in [-0.25, -0.2) is 18.4 Å². The molecule has 0 radical (unpaired) electrons. The van der Waals surface area contributed by atoms with Crippen LogP contribution in [0.4, 0.5) is 22.0 Å². The molecule has 2 rings (SSSR count). The Morgan fingerprint density at radius 1 is 1.35 bits per heavy atom. The van der Waals surface area contributed by atoms with Gasteiger partial charge in [0.25, 0.3) is 5.92 Å². The molecule has 5 nitrogen and oxygen atoms in total. The first-order valence-electron chi connectivity index (χ1n) is 7.36. The number of carbonyl (C=O) groups excluding carboxylic acids is 1. The Kier molecular flexibility index (Phi) is 5.43. The highest BCUT2D eigenvalue weighted by molar-refractivity contribution is 5.90. The highest BCUT2D eigenvalue weighted by Gasteiger charge is 2.45. The highest BCUT2D eigenvalue weighted by atomic mass is 19.4. The van der Waals surface area contributed by atoms with Crippen molar-refractivity contribution in [2.24, 2.45) is 0 Å². The average Bonchev–Trinajstić information content (AvgIpc) is 2.97. The van der Waals surface area contributed by atoms with E-state index in [0.717, 1.165) is 28.7 Å². The van der Waals surface area contributed by atoms with Crippen molar-refractivity contribution in [1.29, 1.82) is 0 Å². The Labute approximate surface area is 145 Å². The molecule has 1 aliphatic rings. The van der Waals surface area contributed by atoms with Crippen LogP contribution in [0.2, 0.25) is 0 Å². The predicted molar refractivity (Wildman–Crippen MR) is 84.9 cm³/mol. The van der Waals surface area contributed by atoms with E-state index < -0.39 is 36.7 Å². The lowest BCUT2D eigenvalue weighted by Gasteiger charge is -2.37. The summed E-state index contributed by atoms with van der Waals surface area (Å²) < 4.78 is 64.6. The number of allylic oxidation sites excluding steroid dienone is 5. The quantitative estimate of drug-likeness (QED) is 0.451. The van der Waals surface area contributed by atoms with Crippen LogP contribution in [0.15, 0.2) is 42.8 Å². The van der Waals surface area contributed by atoms with Crippen LogP contribution in [0.5, 0.6) is 0 Å². The maximum Gasteiger partial charge on any atom is 0.412 e. The maximum absolute atomic E-state index is 12.7. The Morgan fingerprint density at radius 2 is 2.00 bits per heavy atom. The van der Waals surface area contributed by atoms with E-state index >= 15 is 0 Å². The first-order chi connectivity index (χ1) is 12.0. The number of nitrogens with zero attached hydrogens (tertiary/aromatic N) is 4. The second-order valence-electron chi connectivity index (χ2n) is 5.60. The van der Waals surface area contributed by atoms with Gasteiger partial charge in [0.05, 0.1) is 13.1 Å². The number of rotatable bonds is 5. The Bertz CT molecular complexity index is 781. The topological polar surface area (TPSA) is 51.0 Å². The number of hydrogen-bond acceptors (Lipinski definition) is 3. The molecule has 2 heterocycles. The van der Waals surface area contributed by atoms with Crippen LogP contribution in [0.1, 0.15) is 12.7 Å². The van der Waals surface area contributed by atoms with Crippen LogP contribution >= 0.6 is 0 Å². The molecule has 0 aliphatic carbocycles. The third-order valence-corrected chi connectivity index (χ3v) is 3.41. The number of carbonyl (C=O) groups is 1. The lowest BCUT2D eigenvalue weighted by molar-refractivity contribution is -0.160. The van der Waals surface area contributed by atoms with Gasteiger partial charge in [-0.05, 0) is 13.0 Å². The van der Waals surface area contributed by atoms with E-state index in [2.05, 4.69) is 16.7 Å². The van der Waals surface area contributed by atoms with E-state index in [1.807, 2.05) is 0 Å². The molecule has 1 amide bonds. The molecular formula is C16H15F5N4O. The fourth-order valence-electron chi connectivity index (χ4n) is 2.02. The summed E-state index contributed by atoms with van der Waals surface area (Å²) in [5, 5.41) is 3.94. The summed E-state index contributed by atoms with van der Waals surface area (Å²) in [4.78, 5) is 16.5. The second-order valence-corrected chi connectivity index (χ2v) is 5.60. The maximum atomic E-state index is 12.7. The number of hydrogen-bond donors (Lipinski definition) is 0. The molecule has 1 aromatic heterocycles. The summed E-state index contributed by atoms with van der Waals surface area (Å²) in [6.07, 6.45) is 2.37. The van der Waals surface area contributed by atoms with Gasteiger partial charge in [0.15, 0.2) is 5.82 Å². The van der Waals surface area contributed by atoms with Crippen molar-refractivity contribution in [2.75, 3.05) is 13.1 Å². The average molecular weight is 374 g/mol. The van der Waals surface area contributed by atoms with Crippen LogP contribution in [0, 0.1) is 0 Å². The largest absolute Gasteiger partial charge is 0.412 e. The monoisotopic (exact) mass is 374 g/mol. The second kappa shape index (κ2) is 7.22. The zero-order valence-electron chi connectivity index (χ0n) is 13.7. The van der Waals surface area contributed by atoms with Gasteiger partial charge in [0.2, 0.25) is 5.91 Å². The summed E-state index contributed by atoms with van der Waals surface area (Å²) in [5.41, 5.74) is -0.762. The van der Waals surface area contributed by atoms with Gasteiger partial charge in [-0.3, -0.25) is 4.79 Å². The van der Waals surface area contributed by atoms with E-state index in [1.54, 1.807) is 0 Å². The number of alkyl halides is 5. The normalized spacial score (nSPS) is 18.2. The first kappa shape index (κ1) is 19.5. The van der Waals surface area contributed by atoms with Crippen LogP contribution in [-0.2, 0) is 4.79 Å². The summed E-state index contributed by atoms with van der Waals surface area (Å²) in [7, 11) is 0. The van der Waals surface area contributed by atoms with Crippen LogP contribution in [0.25, 0.3) is 11.8 Å². The Hall–Kier alpha value is -2.78. The third kappa shape index (κ3) is 4.87. The summed E-state index contributed by atoms with van der Waals surface area (Å²) in [5.74, 6) is -3.50. The predicted octanol–water partition coefficient (Wildman–Crippen LogP) is 3.30. The zero-order chi connectivity index (χ0) is 19.5. The van der Waals surface area contributed by atoms with Gasteiger partial charge in [0, 0.05) is 23.4 Å². The number of likely N-dealkylation sites (tertiary alicyclic amines) is 1. The first-order valence-corrected chi connectivity index (χ1v) is 7.36. The Morgan fingerprint density at radius 3 is 2.54 bits per heavy atom.